The van der Waals surface area contributed by atoms with Crippen LogP contribution in [-0.2, 0) is 5.41 Å². The minimum atomic E-state index is 0.0551. The van der Waals surface area contributed by atoms with Crippen LogP contribution in [0.15, 0.2) is 41.1 Å². The molecule has 96 valence electrons. The third-order valence-electron chi connectivity index (χ3n) is 3.11. The fourth-order valence-corrected chi connectivity index (χ4v) is 2.24. The molecule has 4 heteroatoms. The topological polar surface area (TPSA) is 53.8 Å². The van der Waals surface area contributed by atoms with E-state index in [1.165, 1.54) is 5.56 Å². The van der Waals surface area contributed by atoms with E-state index in [1.807, 2.05) is 30.6 Å². The molecule has 4 N–H and O–H groups in total. The van der Waals surface area contributed by atoms with Gasteiger partial charge in [-0.3, -0.25) is 0 Å². The molecule has 18 heavy (non-hydrogen) atoms. The molecule has 0 saturated carbocycles. The maximum atomic E-state index is 5.97. The zero-order valence-corrected chi connectivity index (χ0v) is 12.2. The average molecular weight is 308 g/mol. The van der Waals surface area contributed by atoms with E-state index in [9.17, 15) is 0 Å². The van der Waals surface area contributed by atoms with E-state index in [0.29, 0.717) is 0 Å². The summed E-state index contributed by atoms with van der Waals surface area (Å²) in [5.41, 5.74) is 9.04. The van der Waals surface area contributed by atoms with Crippen LogP contribution in [0, 0.1) is 0 Å². The molecule has 0 bridgehead atoms. The van der Waals surface area contributed by atoms with Gasteiger partial charge in [0.2, 0.25) is 0 Å². The van der Waals surface area contributed by atoms with Crippen LogP contribution in [0.2, 0.25) is 0 Å². The van der Waals surface area contributed by atoms with Crippen molar-refractivity contribution < 1.29 is 0 Å². The van der Waals surface area contributed by atoms with Gasteiger partial charge in [-0.2, -0.15) is 0 Å². The van der Waals surface area contributed by atoms with Crippen LogP contribution in [0.3, 0.4) is 0 Å². The Hall–Kier alpha value is -1.42. The molecular formula is C14H18BrN3. The summed E-state index contributed by atoms with van der Waals surface area (Å²) in [5.74, 6) is 0. The van der Waals surface area contributed by atoms with Gasteiger partial charge >= 0.3 is 0 Å². The monoisotopic (exact) mass is 307 g/mol. The number of nitrogens with one attached hydrogen (secondary N) is 2. The van der Waals surface area contributed by atoms with Gasteiger partial charge < -0.3 is 16.0 Å². The molecular weight excluding hydrogens is 290 g/mol. The molecule has 2 rings (SSSR count). The first kappa shape index (κ1) is 13.0. The second-order valence-electron chi connectivity index (χ2n) is 5.07. The summed E-state index contributed by atoms with van der Waals surface area (Å²) in [6, 6.07) is 7.99. The normalized spacial score (nSPS) is 11.5. The van der Waals surface area contributed by atoms with Gasteiger partial charge in [0, 0.05) is 28.8 Å². The van der Waals surface area contributed by atoms with Gasteiger partial charge in [0.25, 0.3) is 0 Å². The number of nitrogen functional groups attached to an aromatic ring is 1. The molecule has 0 radical (unpaired) electrons. The fraction of sp³-hybridized carbons (Fsp3) is 0.286. The zero-order chi connectivity index (χ0) is 13.2. The van der Waals surface area contributed by atoms with Crippen molar-refractivity contribution in [1.29, 1.82) is 0 Å². The molecule has 3 nitrogen and oxygen atoms in total. The van der Waals surface area contributed by atoms with Gasteiger partial charge in [-0.25, -0.2) is 0 Å². The lowest BCUT2D eigenvalue weighted by atomic mass is 9.86. The van der Waals surface area contributed by atoms with Crippen molar-refractivity contribution in [1.82, 2.24) is 4.98 Å². The van der Waals surface area contributed by atoms with Crippen molar-refractivity contribution in [2.75, 3.05) is 17.6 Å². The second-order valence-corrected chi connectivity index (χ2v) is 5.98. The molecule has 2 aromatic rings. The Bertz CT molecular complexity index is 518. The Kier molecular flexibility index (Phi) is 3.66. The number of halogens is 1. The Labute approximate surface area is 116 Å². The third kappa shape index (κ3) is 2.88. The predicted molar refractivity (Wildman–Crippen MR) is 80.9 cm³/mol. The highest BCUT2D eigenvalue weighted by Gasteiger charge is 2.20. The van der Waals surface area contributed by atoms with Crippen molar-refractivity contribution in [3.05, 3.63) is 46.7 Å². The number of hydrogen-bond donors (Lipinski definition) is 3. The number of nitrogens with two attached hydrogens (primary N) is 1. The zero-order valence-electron chi connectivity index (χ0n) is 10.6. The number of rotatable bonds is 4. The number of aromatic nitrogens is 1. The molecule has 1 heterocycles. The molecule has 0 atom stereocenters. The van der Waals surface area contributed by atoms with Crippen molar-refractivity contribution >= 4 is 27.3 Å². The average Bonchev–Trinajstić information content (AvgIpc) is 2.82. The molecule has 0 saturated heterocycles. The van der Waals surface area contributed by atoms with Crippen molar-refractivity contribution in [2.45, 2.75) is 19.3 Å². The Morgan fingerprint density at radius 1 is 1.33 bits per heavy atom. The van der Waals surface area contributed by atoms with E-state index >= 15 is 0 Å². The SMILES string of the molecule is CC(C)(CNc1ccc(Br)cc1N)c1cc[nH]c1. The van der Waals surface area contributed by atoms with E-state index in [-0.39, 0.29) is 5.41 Å². The van der Waals surface area contributed by atoms with Gasteiger partial charge in [-0.1, -0.05) is 29.8 Å². The summed E-state index contributed by atoms with van der Waals surface area (Å²) >= 11 is 3.41. The van der Waals surface area contributed by atoms with Crippen LogP contribution in [0.4, 0.5) is 11.4 Å². The number of aromatic amines is 1. The lowest BCUT2D eigenvalue weighted by Crippen LogP contribution is -2.27. The minimum absolute atomic E-state index is 0.0551. The summed E-state index contributed by atoms with van der Waals surface area (Å²) in [6.07, 6.45) is 3.98. The smallest absolute Gasteiger partial charge is 0.0575 e. The minimum Gasteiger partial charge on any atom is -0.397 e. The standard InChI is InChI=1S/C14H18BrN3/c1-14(2,10-5-6-17-8-10)9-18-13-4-3-11(15)7-12(13)16/h3-8,17-18H,9,16H2,1-2H3. The highest BCUT2D eigenvalue weighted by atomic mass is 79.9. The van der Waals surface area contributed by atoms with Gasteiger partial charge in [0.05, 0.1) is 11.4 Å². The largest absolute Gasteiger partial charge is 0.397 e. The van der Waals surface area contributed by atoms with Gasteiger partial charge in [-0.15, -0.1) is 0 Å². The number of benzene rings is 1. The maximum absolute atomic E-state index is 5.97. The molecule has 0 aliphatic carbocycles. The fourth-order valence-electron chi connectivity index (χ4n) is 1.86. The van der Waals surface area contributed by atoms with E-state index in [2.05, 4.69) is 46.1 Å². The van der Waals surface area contributed by atoms with Crippen molar-refractivity contribution in [3.63, 3.8) is 0 Å². The van der Waals surface area contributed by atoms with Crippen molar-refractivity contribution in [2.24, 2.45) is 0 Å². The molecule has 1 aromatic heterocycles. The predicted octanol–water partition coefficient (Wildman–Crippen LogP) is 3.75. The molecule has 0 unspecified atom stereocenters. The van der Waals surface area contributed by atoms with Crippen LogP contribution in [0.1, 0.15) is 19.4 Å². The highest BCUT2D eigenvalue weighted by molar-refractivity contribution is 9.10. The Morgan fingerprint density at radius 3 is 2.72 bits per heavy atom. The molecule has 0 amide bonds. The first-order valence-corrected chi connectivity index (χ1v) is 6.70. The molecule has 0 aliphatic rings. The van der Waals surface area contributed by atoms with Crippen LogP contribution in [-0.4, -0.2) is 11.5 Å². The summed E-state index contributed by atoms with van der Waals surface area (Å²) in [4.78, 5) is 3.09. The van der Waals surface area contributed by atoms with E-state index in [0.717, 1.165) is 22.4 Å². The maximum Gasteiger partial charge on any atom is 0.0575 e. The lowest BCUT2D eigenvalue weighted by Gasteiger charge is -2.25. The van der Waals surface area contributed by atoms with Crippen LogP contribution >= 0.6 is 15.9 Å². The van der Waals surface area contributed by atoms with Gasteiger partial charge in [0.1, 0.15) is 0 Å². The Morgan fingerprint density at radius 2 is 2.11 bits per heavy atom. The molecule has 0 fully saturated rings. The van der Waals surface area contributed by atoms with E-state index < -0.39 is 0 Å². The number of anilines is 2. The van der Waals surface area contributed by atoms with Crippen LogP contribution < -0.4 is 11.1 Å². The summed E-state index contributed by atoms with van der Waals surface area (Å²) in [7, 11) is 0. The number of H-pyrrole nitrogens is 1. The lowest BCUT2D eigenvalue weighted by molar-refractivity contribution is 0.558. The van der Waals surface area contributed by atoms with Crippen molar-refractivity contribution in [3.8, 4) is 0 Å². The summed E-state index contributed by atoms with van der Waals surface area (Å²) in [5, 5.41) is 3.41. The Balaban J connectivity index is 2.07. The summed E-state index contributed by atoms with van der Waals surface area (Å²) < 4.78 is 0.996. The molecule has 1 aromatic carbocycles. The second kappa shape index (κ2) is 5.06. The number of hydrogen-bond acceptors (Lipinski definition) is 2. The quantitative estimate of drug-likeness (QED) is 0.754. The van der Waals surface area contributed by atoms with Gasteiger partial charge in [-0.05, 0) is 29.8 Å². The first-order chi connectivity index (χ1) is 8.49. The van der Waals surface area contributed by atoms with Crippen LogP contribution in [0.25, 0.3) is 0 Å². The highest BCUT2D eigenvalue weighted by Crippen LogP contribution is 2.27. The molecule has 0 spiro atoms. The first-order valence-electron chi connectivity index (χ1n) is 5.91. The van der Waals surface area contributed by atoms with Crippen LogP contribution in [0.5, 0.6) is 0 Å². The molecule has 0 aliphatic heterocycles. The van der Waals surface area contributed by atoms with Gasteiger partial charge in [0.15, 0.2) is 0 Å². The third-order valence-corrected chi connectivity index (χ3v) is 3.61. The van der Waals surface area contributed by atoms with E-state index in [4.69, 9.17) is 5.73 Å². The summed E-state index contributed by atoms with van der Waals surface area (Å²) in [6.45, 7) is 5.24. The van der Waals surface area contributed by atoms with E-state index in [1.54, 1.807) is 0 Å².